The summed E-state index contributed by atoms with van der Waals surface area (Å²) in [6.07, 6.45) is 8.83. The number of hydrogen-bond acceptors (Lipinski definition) is 3. The Balaban J connectivity index is 1.53. The SMILES string of the molecule is CCCCCCCCCC(=O)Nc1ccc(C2SCC(=O)N2c2ccc(C)c(F)c2)cc1. The van der Waals surface area contributed by atoms with Gasteiger partial charge in [-0.1, -0.05) is 63.6 Å². The lowest BCUT2D eigenvalue weighted by Crippen LogP contribution is -2.28. The van der Waals surface area contributed by atoms with Gasteiger partial charge >= 0.3 is 0 Å². The maximum Gasteiger partial charge on any atom is 0.238 e. The van der Waals surface area contributed by atoms with Crippen molar-refractivity contribution in [3.8, 4) is 0 Å². The van der Waals surface area contributed by atoms with Gasteiger partial charge in [-0.15, -0.1) is 11.8 Å². The average molecular weight is 457 g/mol. The summed E-state index contributed by atoms with van der Waals surface area (Å²) in [5, 5.41) is 2.75. The molecule has 1 atom stereocenters. The number of amides is 2. The predicted molar refractivity (Wildman–Crippen MR) is 132 cm³/mol. The van der Waals surface area contributed by atoms with Gasteiger partial charge in [0.2, 0.25) is 11.8 Å². The monoisotopic (exact) mass is 456 g/mol. The summed E-state index contributed by atoms with van der Waals surface area (Å²) in [4.78, 5) is 26.4. The van der Waals surface area contributed by atoms with E-state index in [1.807, 2.05) is 24.3 Å². The van der Waals surface area contributed by atoms with E-state index in [-0.39, 0.29) is 23.0 Å². The van der Waals surface area contributed by atoms with Crippen LogP contribution in [0.3, 0.4) is 0 Å². The molecule has 1 aliphatic rings. The van der Waals surface area contributed by atoms with Crippen LogP contribution in [0.5, 0.6) is 0 Å². The number of rotatable bonds is 11. The second-order valence-corrected chi connectivity index (χ2v) is 9.47. The van der Waals surface area contributed by atoms with Crippen LogP contribution in [0.2, 0.25) is 0 Å². The standard InChI is InChI=1S/C26H33FN2O2S/c1-3-4-5-6-7-8-9-10-24(30)28-21-14-12-20(13-15-21)26-29(25(31)18-32-26)22-16-11-19(2)23(27)17-22/h11-17,26H,3-10,18H2,1-2H3,(H,28,30). The first kappa shape index (κ1) is 24.3. The van der Waals surface area contributed by atoms with Gasteiger partial charge in [0.15, 0.2) is 0 Å². The zero-order valence-electron chi connectivity index (χ0n) is 19.0. The van der Waals surface area contributed by atoms with Crippen LogP contribution in [0.4, 0.5) is 15.8 Å². The number of hydrogen-bond donors (Lipinski definition) is 1. The van der Waals surface area contributed by atoms with E-state index in [4.69, 9.17) is 0 Å². The van der Waals surface area contributed by atoms with E-state index in [2.05, 4.69) is 12.2 Å². The van der Waals surface area contributed by atoms with Crippen molar-refractivity contribution in [1.29, 1.82) is 0 Å². The highest BCUT2D eigenvalue weighted by molar-refractivity contribution is 8.00. The van der Waals surface area contributed by atoms with Gasteiger partial charge < -0.3 is 5.32 Å². The van der Waals surface area contributed by atoms with Crippen LogP contribution < -0.4 is 10.2 Å². The summed E-state index contributed by atoms with van der Waals surface area (Å²) < 4.78 is 14.1. The van der Waals surface area contributed by atoms with Crippen LogP contribution in [0.25, 0.3) is 0 Å². The van der Waals surface area contributed by atoms with E-state index < -0.39 is 0 Å². The summed E-state index contributed by atoms with van der Waals surface area (Å²) in [6, 6.07) is 12.5. The van der Waals surface area contributed by atoms with Crippen molar-refractivity contribution in [3.05, 3.63) is 59.4 Å². The summed E-state index contributed by atoms with van der Waals surface area (Å²) in [7, 11) is 0. The molecule has 0 aromatic heterocycles. The van der Waals surface area contributed by atoms with E-state index in [9.17, 15) is 14.0 Å². The summed E-state index contributed by atoms with van der Waals surface area (Å²) in [6.45, 7) is 3.92. The Kier molecular flexibility index (Phi) is 9.15. The number of unbranched alkanes of at least 4 members (excludes halogenated alkanes) is 6. The number of anilines is 2. The van der Waals surface area contributed by atoms with E-state index in [1.54, 1.807) is 24.0 Å². The van der Waals surface area contributed by atoms with E-state index in [0.29, 0.717) is 23.4 Å². The Morgan fingerprint density at radius 1 is 1.06 bits per heavy atom. The van der Waals surface area contributed by atoms with Crippen LogP contribution in [-0.2, 0) is 9.59 Å². The highest BCUT2D eigenvalue weighted by atomic mass is 32.2. The van der Waals surface area contributed by atoms with Crippen LogP contribution in [0.1, 0.15) is 74.8 Å². The molecule has 3 rings (SSSR count). The van der Waals surface area contributed by atoms with Gasteiger partial charge in [0, 0.05) is 17.8 Å². The molecular weight excluding hydrogens is 423 g/mol. The van der Waals surface area contributed by atoms with Gasteiger partial charge in [0.05, 0.1) is 5.75 Å². The van der Waals surface area contributed by atoms with Crippen molar-refractivity contribution in [3.63, 3.8) is 0 Å². The molecule has 172 valence electrons. The minimum absolute atomic E-state index is 0.0321. The Hall–Kier alpha value is -2.34. The molecule has 4 nitrogen and oxygen atoms in total. The second kappa shape index (κ2) is 12.0. The van der Waals surface area contributed by atoms with Crippen molar-refractivity contribution in [1.82, 2.24) is 0 Å². The zero-order chi connectivity index (χ0) is 22.9. The van der Waals surface area contributed by atoms with E-state index in [1.165, 1.54) is 49.9 Å². The number of carbonyl (C=O) groups excluding carboxylic acids is 2. The fraction of sp³-hybridized carbons (Fsp3) is 0.462. The normalized spacial score (nSPS) is 15.9. The number of carbonyl (C=O) groups is 2. The molecule has 2 aromatic carbocycles. The van der Waals surface area contributed by atoms with Crippen LogP contribution >= 0.6 is 11.8 Å². The van der Waals surface area contributed by atoms with Gasteiger partial charge in [-0.2, -0.15) is 0 Å². The molecular formula is C26H33FN2O2S. The summed E-state index contributed by atoms with van der Waals surface area (Å²) in [5.74, 6) is 0.0469. The zero-order valence-corrected chi connectivity index (χ0v) is 19.8. The van der Waals surface area contributed by atoms with Crippen molar-refractivity contribution >= 4 is 35.0 Å². The van der Waals surface area contributed by atoms with Gasteiger partial charge in [0.25, 0.3) is 0 Å². The number of nitrogens with zero attached hydrogens (tertiary/aromatic N) is 1. The minimum Gasteiger partial charge on any atom is -0.326 e. The molecule has 0 saturated carbocycles. The molecule has 1 N–H and O–H groups in total. The first-order valence-electron chi connectivity index (χ1n) is 11.6. The first-order valence-corrected chi connectivity index (χ1v) is 12.6. The van der Waals surface area contributed by atoms with Crippen molar-refractivity contribution < 1.29 is 14.0 Å². The van der Waals surface area contributed by atoms with Crippen LogP contribution in [0, 0.1) is 12.7 Å². The lowest BCUT2D eigenvalue weighted by Gasteiger charge is -2.25. The van der Waals surface area contributed by atoms with Crippen molar-refractivity contribution in [2.24, 2.45) is 0 Å². The van der Waals surface area contributed by atoms with Crippen molar-refractivity contribution in [2.45, 2.75) is 70.6 Å². The fourth-order valence-electron chi connectivity index (χ4n) is 3.88. The number of halogens is 1. The lowest BCUT2D eigenvalue weighted by molar-refractivity contribution is -0.116. The molecule has 0 aliphatic carbocycles. The molecule has 1 aliphatic heterocycles. The molecule has 1 unspecified atom stereocenters. The highest BCUT2D eigenvalue weighted by Gasteiger charge is 2.34. The number of benzene rings is 2. The predicted octanol–water partition coefficient (Wildman–Crippen LogP) is 6.99. The Morgan fingerprint density at radius 3 is 2.44 bits per heavy atom. The maximum atomic E-state index is 14.1. The molecule has 6 heteroatoms. The molecule has 2 aromatic rings. The molecule has 0 radical (unpaired) electrons. The second-order valence-electron chi connectivity index (χ2n) is 8.40. The quantitative estimate of drug-likeness (QED) is 0.371. The fourth-order valence-corrected chi connectivity index (χ4v) is 5.06. The highest BCUT2D eigenvalue weighted by Crippen LogP contribution is 2.42. The lowest BCUT2D eigenvalue weighted by atomic mass is 10.1. The Bertz CT molecular complexity index is 917. The van der Waals surface area contributed by atoms with Crippen LogP contribution in [-0.4, -0.2) is 17.6 Å². The van der Waals surface area contributed by atoms with Gasteiger partial charge in [0.1, 0.15) is 11.2 Å². The third kappa shape index (κ3) is 6.58. The Labute approximate surface area is 195 Å². The van der Waals surface area contributed by atoms with E-state index in [0.717, 1.165) is 24.1 Å². The van der Waals surface area contributed by atoms with Gasteiger partial charge in [-0.05, 0) is 48.7 Å². The number of aryl methyl sites for hydroxylation is 1. The largest absolute Gasteiger partial charge is 0.326 e. The molecule has 0 spiro atoms. The minimum atomic E-state index is -0.315. The first-order chi connectivity index (χ1) is 15.5. The van der Waals surface area contributed by atoms with E-state index >= 15 is 0 Å². The summed E-state index contributed by atoms with van der Waals surface area (Å²) in [5.41, 5.74) is 2.83. The molecule has 0 bridgehead atoms. The Morgan fingerprint density at radius 2 is 1.75 bits per heavy atom. The number of nitrogens with one attached hydrogen (secondary N) is 1. The molecule has 1 fully saturated rings. The summed E-state index contributed by atoms with van der Waals surface area (Å²) >= 11 is 1.52. The van der Waals surface area contributed by atoms with Crippen molar-refractivity contribution in [2.75, 3.05) is 16.0 Å². The molecule has 32 heavy (non-hydrogen) atoms. The third-order valence-corrected chi connectivity index (χ3v) is 7.00. The molecule has 1 saturated heterocycles. The third-order valence-electron chi connectivity index (χ3n) is 5.79. The maximum absolute atomic E-state index is 14.1. The average Bonchev–Trinajstić information content (AvgIpc) is 3.17. The van der Waals surface area contributed by atoms with Gasteiger partial charge in [-0.3, -0.25) is 14.5 Å². The van der Waals surface area contributed by atoms with Crippen LogP contribution in [0.15, 0.2) is 42.5 Å². The van der Waals surface area contributed by atoms with Gasteiger partial charge in [-0.25, -0.2) is 4.39 Å². The molecule has 1 heterocycles. The molecule has 2 amide bonds. The smallest absolute Gasteiger partial charge is 0.238 e. The topological polar surface area (TPSA) is 49.4 Å². The number of thioether (sulfide) groups is 1.